The quantitative estimate of drug-likeness (QED) is 0.803. The van der Waals surface area contributed by atoms with Gasteiger partial charge in [0.15, 0.2) is 5.89 Å². The van der Waals surface area contributed by atoms with Gasteiger partial charge < -0.3 is 14.6 Å². The first-order chi connectivity index (χ1) is 7.58. The van der Waals surface area contributed by atoms with Crippen LogP contribution in [0.4, 0.5) is 0 Å². The van der Waals surface area contributed by atoms with E-state index in [0.717, 1.165) is 19.3 Å². The minimum atomic E-state index is -1.40. The molecule has 1 aromatic rings. The van der Waals surface area contributed by atoms with Gasteiger partial charge in [-0.05, 0) is 18.8 Å². The van der Waals surface area contributed by atoms with E-state index >= 15 is 0 Å². The molecule has 1 heterocycles. The fraction of sp³-hybridized carbons (Fsp3) is 0.500. The van der Waals surface area contributed by atoms with Crippen LogP contribution in [0.2, 0.25) is 0 Å². The van der Waals surface area contributed by atoms with Gasteiger partial charge in [-0.25, -0.2) is 14.6 Å². The number of hydrogen-bond donors (Lipinski definition) is 2. The van der Waals surface area contributed by atoms with E-state index < -0.39 is 23.4 Å². The Kier molecular flexibility index (Phi) is 2.64. The Morgan fingerprint density at radius 3 is 2.38 bits per heavy atom. The van der Waals surface area contributed by atoms with E-state index in [-0.39, 0.29) is 5.89 Å². The molecule has 1 fully saturated rings. The zero-order chi connectivity index (χ0) is 11.7. The predicted molar refractivity (Wildman–Crippen MR) is 51.5 cm³/mol. The molecule has 0 unspecified atom stereocenters. The molecular weight excluding hydrogens is 214 g/mol. The Bertz CT molecular complexity index is 401. The molecule has 1 aliphatic carbocycles. The van der Waals surface area contributed by atoms with Gasteiger partial charge in [-0.2, -0.15) is 0 Å². The number of carboxylic acid groups (broad SMARTS) is 2. The second-order valence-electron chi connectivity index (χ2n) is 3.90. The van der Waals surface area contributed by atoms with E-state index in [2.05, 4.69) is 4.98 Å². The van der Waals surface area contributed by atoms with Crippen molar-refractivity contribution < 1.29 is 24.2 Å². The SMILES string of the molecule is O=C(O)c1nc(CC2CCC2)oc1C(=O)O. The highest BCUT2D eigenvalue weighted by Crippen LogP contribution is 2.30. The van der Waals surface area contributed by atoms with Crippen LogP contribution in [0.1, 0.15) is 46.2 Å². The number of carboxylic acids is 2. The summed E-state index contributed by atoms with van der Waals surface area (Å²) in [5, 5.41) is 17.5. The number of carbonyl (C=O) groups is 2. The van der Waals surface area contributed by atoms with Gasteiger partial charge in [-0.15, -0.1) is 0 Å². The first-order valence-electron chi connectivity index (χ1n) is 5.04. The van der Waals surface area contributed by atoms with Gasteiger partial charge in [0.05, 0.1) is 0 Å². The van der Waals surface area contributed by atoms with Gasteiger partial charge in [-0.3, -0.25) is 0 Å². The molecule has 16 heavy (non-hydrogen) atoms. The second-order valence-corrected chi connectivity index (χ2v) is 3.90. The second kappa shape index (κ2) is 3.96. The van der Waals surface area contributed by atoms with E-state index in [4.69, 9.17) is 14.6 Å². The number of rotatable bonds is 4. The van der Waals surface area contributed by atoms with Crippen molar-refractivity contribution in [2.75, 3.05) is 0 Å². The van der Waals surface area contributed by atoms with E-state index in [9.17, 15) is 9.59 Å². The van der Waals surface area contributed by atoms with Crippen molar-refractivity contribution in [1.29, 1.82) is 0 Å². The van der Waals surface area contributed by atoms with Crippen LogP contribution >= 0.6 is 0 Å². The van der Waals surface area contributed by atoms with E-state index in [1.807, 2.05) is 0 Å². The Hall–Kier alpha value is -1.85. The minimum Gasteiger partial charge on any atom is -0.476 e. The average molecular weight is 225 g/mol. The summed E-state index contributed by atoms with van der Waals surface area (Å²) in [6.45, 7) is 0. The van der Waals surface area contributed by atoms with Crippen LogP contribution in [0.5, 0.6) is 0 Å². The number of aromatic carboxylic acids is 2. The van der Waals surface area contributed by atoms with E-state index in [1.165, 1.54) is 0 Å². The van der Waals surface area contributed by atoms with Crippen LogP contribution in [-0.4, -0.2) is 27.1 Å². The van der Waals surface area contributed by atoms with Crippen molar-refractivity contribution in [3.05, 3.63) is 17.3 Å². The van der Waals surface area contributed by atoms with Gasteiger partial charge in [0.25, 0.3) is 0 Å². The maximum Gasteiger partial charge on any atom is 0.374 e. The molecule has 0 aliphatic heterocycles. The maximum absolute atomic E-state index is 10.7. The van der Waals surface area contributed by atoms with Crippen molar-refractivity contribution in [2.45, 2.75) is 25.7 Å². The topological polar surface area (TPSA) is 101 Å². The molecule has 0 spiro atoms. The largest absolute Gasteiger partial charge is 0.476 e. The van der Waals surface area contributed by atoms with Crippen molar-refractivity contribution in [3.63, 3.8) is 0 Å². The highest BCUT2D eigenvalue weighted by molar-refractivity contribution is 5.98. The Balaban J connectivity index is 2.23. The molecule has 6 heteroatoms. The highest BCUT2D eigenvalue weighted by atomic mass is 16.4. The van der Waals surface area contributed by atoms with Crippen LogP contribution in [0.25, 0.3) is 0 Å². The fourth-order valence-electron chi connectivity index (χ4n) is 1.69. The Labute approximate surface area is 90.9 Å². The van der Waals surface area contributed by atoms with E-state index in [1.54, 1.807) is 0 Å². The number of aromatic nitrogens is 1. The molecule has 1 saturated carbocycles. The lowest BCUT2D eigenvalue weighted by Gasteiger charge is -2.23. The maximum atomic E-state index is 10.7. The lowest BCUT2D eigenvalue weighted by atomic mass is 9.83. The van der Waals surface area contributed by atoms with Crippen LogP contribution in [0, 0.1) is 5.92 Å². The predicted octanol–water partition coefficient (Wildman–Crippen LogP) is 1.41. The lowest BCUT2D eigenvalue weighted by molar-refractivity contribution is 0.0622. The molecular formula is C10H11NO5. The van der Waals surface area contributed by atoms with Gasteiger partial charge in [0.1, 0.15) is 0 Å². The third kappa shape index (κ3) is 1.91. The number of oxazole rings is 1. The molecule has 6 nitrogen and oxygen atoms in total. The Morgan fingerprint density at radius 1 is 1.31 bits per heavy atom. The van der Waals surface area contributed by atoms with E-state index in [0.29, 0.717) is 12.3 Å². The molecule has 0 radical (unpaired) electrons. The van der Waals surface area contributed by atoms with Gasteiger partial charge >= 0.3 is 11.9 Å². The van der Waals surface area contributed by atoms with Crippen LogP contribution < -0.4 is 0 Å². The van der Waals surface area contributed by atoms with Crippen LogP contribution in [0.3, 0.4) is 0 Å². The average Bonchev–Trinajstić information content (AvgIpc) is 2.55. The molecule has 1 aliphatic rings. The molecule has 0 bridgehead atoms. The zero-order valence-electron chi connectivity index (χ0n) is 8.47. The van der Waals surface area contributed by atoms with Gasteiger partial charge in [0, 0.05) is 6.42 Å². The standard InChI is InChI=1S/C10H11NO5/c12-9(13)7-8(10(14)15)16-6(11-7)4-5-2-1-3-5/h5H,1-4H2,(H,12,13)(H,14,15). The third-order valence-electron chi connectivity index (χ3n) is 2.76. The minimum absolute atomic E-state index is 0.208. The Morgan fingerprint density at radius 2 is 2.00 bits per heavy atom. The molecule has 0 atom stereocenters. The first kappa shape index (κ1) is 10.7. The van der Waals surface area contributed by atoms with Crippen molar-refractivity contribution in [2.24, 2.45) is 5.92 Å². The van der Waals surface area contributed by atoms with Crippen molar-refractivity contribution in [1.82, 2.24) is 4.98 Å². The molecule has 0 aromatic carbocycles. The molecule has 2 N–H and O–H groups in total. The first-order valence-corrected chi connectivity index (χ1v) is 5.04. The van der Waals surface area contributed by atoms with Gasteiger partial charge in [0.2, 0.25) is 11.5 Å². The number of hydrogen-bond acceptors (Lipinski definition) is 4. The fourth-order valence-corrected chi connectivity index (χ4v) is 1.69. The summed E-state index contributed by atoms with van der Waals surface area (Å²) in [4.78, 5) is 25.1. The van der Waals surface area contributed by atoms with Crippen LogP contribution in [-0.2, 0) is 6.42 Å². The molecule has 0 amide bonds. The van der Waals surface area contributed by atoms with Crippen LogP contribution in [0.15, 0.2) is 4.42 Å². The molecule has 2 rings (SSSR count). The summed E-state index contributed by atoms with van der Waals surface area (Å²) in [5.74, 6) is -2.70. The summed E-state index contributed by atoms with van der Waals surface area (Å²) in [5.41, 5.74) is -0.512. The summed E-state index contributed by atoms with van der Waals surface area (Å²) >= 11 is 0. The summed E-state index contributed by atoms with van der Waals surface area (Å²) in [6, 6.07) is 0. The smallest absolute Gasteiger partial charge is 0.374 e. The summed E-state index contributed by atoms with van der Waals surface area (Å²) in [7, 11) is 0. The molecule has 0 saturated heterocycles. The third-order valence-corrected chi connectivity index (χ3v) is 2.76. The van der Waals surface area contributed by atoms with Crippen molar-refractivity contribution >= 4 is 11.9 Å². The van der Waals surface area contributed by atoms with Crippen molar-refractivity contribution in [3.8, 4) is 0 Å². The normalized spacial score (nSPS) is 15.8. The lowest BCUT2D eigenvalue weighted by Crippen LogP contribution is -2.13. The molecule has 86 valence electrons. The highest BCUT2D eigenvalue weighted by Gasteiger charge is 2.27. The number of nitrogens with zero attached hydrogens (tertiary/aromatic N) is 1. The summed E-state index contributed by atoms with van der Waals surface area (Å²) in [6.07, 6.45) is 3.80. The monoisotopic (exact) mass is 225 g/mol. The summed E-state index contributed by atoms with van der Waals surface area (Å²) < 4.78 is 4.95. The van der Waals surface area contributed by atoms with Gasteiger partial charge in [-0.1, -0.05) is 6.42 Å². The zero-order valence-corrected chi connectivity index (χ0v) is 8.47. The molecule has 1 aromatic heterocycles.